The molecule has 0 amide bonds. The highest BCUT2D eigenvalue weighted by Gasteiger charge is 2.05. The first kappa shape index (κ1) is 15.8. The molecule has 0 bridgehead atoms. The Labute approximate surface area is 99.3 Å². The molecule has 1 atom stereocenters. The highest BCUT2D eigenvalue weighted by atomic mass is 16.5. The molecule has 0 radical (unpaired) electrons. The third-order valence-corrected chi connectivity index (χ3v) is 2.20. The molecule has 1 unspecified atom stereocenters. The topological polar surface area (TPSA) is 50.7 Å². The van der Waals surface area contributed by atoms with E-state index in [1.165, 1.54) is 0 Å². The molecule has 2 N–H and O–H groups in total. The van der Waals surface area contributed by atoms with Gasteiger partial charge in [-0.3, -0.25) is 0 Å². The first-order valence-corrected chi connectivity index (χ1v) is 6.12. The first-order valence-electron chi connectivity index (χ1n) is 6.12. The summed E-state index contributed by atoms with van der Waals surface area (Å²) in [6, 6.07) is 0. The predicted molar refractivity (Wildman–Crippen MR) is 65.6 cm³/mol. The zero-order valence-electron chi connectivity index (χ0n) is 10.9. The molecule has 0 aromatic rings. The van der Waals surface area contributed by atoms with E-state index in [4.69, 9.17) is 9.47 Å². The second kappa shape index (κ2) is 11.3. The van der Waals surface area contributed by atoms with Crippen molar-refractivity contribution in [3.05, 3.63) is 0 Å². The van der Waals surface area contributed by atoms with Crippen LogP contribution in [0.1, 0.15) is 26.7 Å². The van der Waals surface area contributed by atoms with Crippen molar-refractivity contribution in [3.8, 4) is 0 Å². The van der Waals surface area contributed by atoms with Crippen molar-refractivity contribution in [2.45, 2.75) is 32.8 Å². The van der Waals surface area contributed by atoms with Crippen LogP contribution in [0, 0.1) is 5.92 Å². The lowest BCUT2D eigenvalue weighted by Crippen LogP contribution is -2.29. The van der Waals surface area contributed by atoms with Crippen LogP contribution in [0.15, 0.2) is 0 Å². The molecule has 4 heteroatoms. The zero-order chi connectivity index (χ0) is 12.2. The molecular formula is C12H27NO3. The zero-order valence-corrected chi connectivity index (χ0v) is 10.9. The lowest BCUT2D eigenvalue weighted by molar-refractivity contribution is 0.0689. The van der Waals surface area contributed by atoms with E-state index in [1.54, 1.807) is 7.11 Å². The SMILES string of the molecule is COCCOCCCNCC(O)CC(C)C. The number of methoxy groups -OCH3 is 1. The molecule has 0 saturated carbocycles. The molecule has 0 rings (SSSR count). The number of nitrogens with one attached hydrogen (secondary N) is 1. The van der Waals surface area contributed by atoms with Crippen LogP contribution in [0.3, 0.4) is 0 Å². The Kier molecular flexibility index (Phi) is 11.2. The van der Waals surface area contributed by atoms with Crippen LogP contribution in [0.25, 0.3) is 0 Å². The van der Waals surface area contributed by atoms with Crippen LogP contribution in [0.2, 0.25) is 0 Å². The Morgan fingerprint density at radius 1 is 1.19 bits per heavy atom. The number of hydrogen-bond donors (Lipinski definition) is 2. The maximum atomic E-state index is 9.58. The van der Waals surface area contributed by atoms with Gasteiger partial charge in [0.25, 0.3) is 0 Å². The van der Waals surface area contributed by atoms with Crippen molar-refractivity contribution in [1.29, 1.82) is 0 Å². The van der Waals surface area contributed by atoms with Crippen LogP contribution < -0.4 is 5.32 Å². The van der Waals surface area contributed by atoms with Crippen molar-refractivity contribution < 1.29 is 14.6 Å². The highest BCUT2D eigenvalue weighted by Crippen LogP contribution is 2.02. The van der Waals surface area contributed by atoms with Gasteiger partial charge in [0, 0.05) is 20.3 Å². The van der Waals surface area contributed by atoms with Gasteiger partial charge >= 0.3 is 0 Å². The smallest absolute Gasteiger partial charge is 0.0700 e. The van der Waals surface area contributed by atoms with Gasteiger partial charge in [-0.1, -0.05) is 13.8 Å². The molecule has 0 saturated heterocycles. The standard InChI is InChI=1S/C12H27NO3/c1-11(2)9-12(14)10-13-5-4-6-16-8-7-15-3/h11-14H,4-10H2,1-3H3. The van der Waals surface area contributed by atoms with Crippen molar-refractivity contribution in [3.63, 3.8) is 0 Å². The van der Waals surface area contributed by atoms with E-state index in [2.05, 4.69) is 19.2 Å². The lowest BCUT2D eigenvalue weighted by Gasteiger charge is -2.13. The van der Waals surface area contributed by atoms with Gasteiger partial charge in [0.05, 0.1) is 19.3 Å². The second-order valence-electron chi connectivity index (χ2n) is 4.45. The summed E-state index contributed by atoms with van der Waals surface area (Å²) < 4.78 is 10.2. The van der Waals surface area contributed by atoms with E-state index in [0.29, 0.717) is 25.7 Å². The summed E-state index contributed by atoms with van der Waals surface area (Å²) in [4.78, 5) is 0. The minimum Gasteiger partial charge on any atom is -0.392 e. The quantitative estimate of drug-likeness (QED) is 0.524. The van der Waals surface area contributed by atoms with Gasteiger partial charge < -0.3 is 19.9 Å². The fraction of sp³-hybridized carbons (Fsp3) is 1.00. The molecule has 0 spiro atoms. The molecule has 98 valence electrons. The van der Waals surface area contributed by atoms with E-state index < -0.39 is 0 Å². The molecule has 0 aliphatic rings. The minimum atomic E-state index is -0.227. The van der Waals surface area contributed by atoms with E-state index in [9.17, 15) is 5.11 Å². The normalized spacial score (nSPS) is 13.3. The Balaban J connectivity index is 3.08. The maximum Gasteiger partial charge on any atom is 0.0700 e. The monoisotopic (exact) mass is 233 g/mol. The molecule has 16 heavy (non-hydrogen) atoms. The minimum absolute atomic E-state index is 0.227. The summed E-state index contributed by atoms with van der Waals surface area (Å²) in [5.74, 6) is 0.550. The maximum absolute atomic E-state index is 9.58. The number of aliphatic hydroxyl groups is 1. The third kappa shape index (κ3) is 11.9. The van der Waals surface area contributed by atoms with Crippen molar-refractivity contribution in [2.24, 2.45) is 5.92 Å². The molecule has 0 heterocycles. The van der Waals surface area contributed by atoms with Gasteiger partial charge in [-0.2, -0.15) is 0 Å². The van der Waals surface area contributed by atoms with E-state index in [1.807, 2.05) is 0 Å². The average Bonchev–Trinajstić information content (AvgIpc) is 2.21. The Bertz CT molecular complexity index is 142. The van der Waals surface area contributed by atoms with Gasteiger partial charge in [0.15, 0.2) is 0 Å². The molecule has 0 aliphatic heterocycles. The fourth-order valence-corrected chi connectivity index (χ4v) is 1.44. The average molecular weight is 233 g/mol. The molecule has 0 aromatic heterocycles. The van der Waals surface area contributed by atoms with Crippen LogP contribution in [0.5, 0.6) is 0 Å². The van der Waals surface area contributed by atoms with E-state index in [0.717, 1.165) is 26.0 Å². The fourth-order valence-electron chi connectivity index (χ4n) is 1.44. The van der Waals surface area contributed by atoms with Crippen LogP contribution in [-0.4, -0.2) is 51.2 Å². The highest BCUT2D eigenvalue weighted by molar-refractivity contribution is 4.61. The van der Waals surface area contributed by atoms with Crippen molar-refractivity contribution >= 4 is 0 Å². The Morgan fingerprint density at radius 3 is 2.56 bits per heavy atom. The molecule has 0 fully saturated rings. The number of aliphatic hydroxyl groups excluding tert-OH is 1. The molecular weight excluding hydrogens is 206 g/mol. The molecule has 0 aliphatic carbocycles. The summed E-state index contributed by atoms with van der Waals surface area (Å²) in [7, 11) is 1.67. The summed E-state index contributed by atoms with van der Waals surface area (Å²) >= 11 is 0. The van der Waals surface area contributed by atoms with Gasteiger partial charge in [-0.15, -0.1) is 0 Å². The van der Waals surface area contributed by atoms with Crippen LogP contribution in [0.4, 0.5) is 0 Å². The Morgan fingerprint density at radius 2 is 1.94 bits per heavy atom. The van der Waals surface area contributed by atoms with Crippen molar-refractivity contribution in [1.82, 2.24) is 5.32 Å². The van der Waals surface area contributed by atoms with Crippen LogP contribution >= 0.6 is 0 Å². The number of ether oxygens (including phenoxy) is 2. The predicted octanol–water partition coefficient (Wildman–Crippen LogP) is 1.04. The van der Waals surface area contributed by atoms with Crippen LogP contribution in [-0.2, 0) is 9.47 Å². The summed E-state index contributed by atoms with van der Waals surface area (Å²) in [5.41, 5.74) is 0. The number of rotatable bonds is 11. The van der Waals surface area contributed by atoms with Gasteiger partial charge in [-0.25, -0.2) is 0 Å². The van der Waals surface area contributed by atoms with E-state index >= 15 is 0 Å². The Hall–Kier alpha value is -0.160. The largest absolute Gasteiger partial charge is 0.392 e. The summed E-state index contributed by atoms with van der Waals surface area (Å²) in [6.45, 7) is 7.86. The molecule has 4 nitrogen and oxygen atoms in total. The number of hydrogen-bond acceptors (Lipinski definition) is 4. The van der Waals surface area contributed by atoms with Gasteiger partial charge in [0.2, 0.25) is 0 Å². The molecule has 0 aromatic carbocycles. The first-order chi connectivity index (χ1) is 7.66. The van der Waals surface area contributed by atoms with Gasteiger partial charge in [0.1, 0.15) is 0 Å². The van der Waals surface area contributed by atoms with E-state index in [-0.39, 0.29) is 6.10 Å². The van der Waals surface area contributed by atoms with Gasteiger partial charge in [-0.05, 0) is 25.3 Å². The van der Waals surface area contributed by atoms with Crippen molar-refractivity contribution in [2.75, 3.05) is 40.0 Å². The lowest BCUT2D eigenvalue weighted by atomic mass is 10.1. The summed E-state index contributed by atoms with van der Waals surface area (Å²) in [5, 5.41) is 12.8. The summed E-state index contributed by atoms with van der Waals surface area (Å²) in [6.07, 6.45) is 1.60. The second-order valence-corrected chi connectivity index (χ2v) is 4.45. The third-order valence-electron chi connectivity index (χ3n) is 2.20.